The highest BCUT2D eigenvalue weighted by atomic mass is 35.5. The first-order valence-corrected chi connectivity index (χ1v) is 8.98. The van der Waals surface area contributed by atoms with Crippen LogP contribution in [0.1, 0.15) is 20.7 Å². The summed E-state index contributed by atoms with van der Waals surface area (Å²) < 4.78 is 4.78. The first-order chi connectivity index (χ1) is 14.2. The number of halogens is 2. The highest BCUT2D eigenvalue weighted by Gasteiger charge is 2.41. The number of esters is 1. The van der Waals surface area contributed by atoms with Gasteiger partial charge in [0, 0.05) is 11.8 Å². The molecule has 1 aliphatic heterocycles. The number of nitrogens with zero attached hydrogens (tertiary/aromatic N) is 2. The lowest BCUT2D eigenvalue weighted by Crippen LogP contribution is -2.36. The average Bonchev–Trinajstić information content (AvgIpc) is 2.94. The van der Waals surface area contributed by atoms with Gasteiger partial charge in [-0.3, -0.25) is 34.2 Å². The minimum Gasteiger partial charge on any atom is -0.454 e. The molecule has 30 heavy (non-hydrogen) atoms. The summed E-state index contributed by atoms with van der Waals surface area (Å²) in [4.78, 5) is 59.4. The van der Waals surface area contributed by atoms with Crippen LogP contribution in [0, 0.1) is 10.1 Å². The number of benzene rings is 2. The molecule has 1 N–H and O–H groups in total. The molecular formula is C18H11Cl2N3O7. The molecule has 12 heteroatoms. The van der Waals surface area contributed by atoms with Gasteiger partial charge >= 0.3 is 5.97 Å². The summed E-state index contributed by atoms with van der Waals surface area (Å²) in [5.41, 5.74) is -0.794. The molecule has 0 radical (unpaired) electrons. The van der Waals surface area contributed by atoms with Gasteiger partial charge in [-0.05, 0) is 24.3 Å². The lowest BCUT2D eigenvalue weighted by atomic mass is 10.1. The summed E-state index contributed by atoms with van der Waals surface area (Å²) in [6.45, 7) is -1.49. The van der Waals surface area contributed by atoms with Crippen LogP contribution < -0.4 is 5.32 Å². The van der Waals surface area contributed by atoms with Crippen LogP contribution in [0.25, 0.3) is 0 Å². The first-order valence-electron chi connectivity index (χ1n) is 8.23. The van der Waals surface area contributed by atoms with E-state index in [0.29, 0.717) is 15.6 Å². The topological polar surface area (TPSA) is 136 Å². The highest BCUT2D eigenvalue weighted by molar-refractivity contribution is 6.42. The van der Waals surface area contributed by atoms with Crippen molar-refractivity contribution in [1.82, 2.24) is 4.90 Å². The van der Waals surface area contributed by atoms with Gasteiger partial charge < -0.3 is 10.1 Å². The van der Waals surface area contributed by atoms with Crippen molar-refractivity contribution in [2.75, 3.05) is 18.5 Å². The SMILES string of the molecule is O=C(COC(=O)CN1C(=O)c2cccc([N+](=O)[O-])c2C1=O)Nc1ccc(Cl)c(Cl)c1. The largest absolute Gasteiger partial charge is 0.454 e. The molecule has 0 unspecified atom stereocenters. The fourth-order valence-corrected chi connectivity index (χ4v) is 3.00. The molecular weight excluding hydrogens is 441 g/mol. The molecule has 3 rings (SSSR count). The number of hydrogen-bond acceptors (Lipinski definition) is 7. The van der Waals surface area contributed by atoms with Crippen molar-refractivity contribution in [2.45, 2.75) is 0 Å². The van der Waals surface area contributed by atoms with E-state index < -0.39 is 53.0 Å². The second kappa shape index (κ2) is 8.47. The van der Waals surface area contributed by atoms with Crippen LogP contribution in [0.3, 0.4) is 0 Å². The van der Waals surface area contributed by atoms with Gasteiger partial charge in [-0.25, -0.2) is 0 Å². The van der Waals surface area contributed by atoms with Crippen LogP contribution in [0.2, 0.25) is 10.0 Å². The van der Waals surface area contributed by atoms with Crippen LogP contribution >= 0.6 is 23.2 Å². The van der Waals surface area contributed by atoms with Crippen molar-refractivity contribution in [3.8, 4) is 0 Å². The Morgan fingerprint density at radius 3 is 2.50 bits per heavy atom. The number of hydrogen-bond donors (Lipinski definition) is 1. The number of carbonyl (C=O) groups excluding carboxylic acids is 4. The molecule has 1 aliphatic rings. The molecule has 154 valence electrons. The fourth-order valence-electron chi connectivity index (χ4n) is 2.70. The standard InChI is InChI=1S/C18H11Cl2N3O7/c19-11-5-4-9(6-12(11)20)21-14(24)8-30-15(25)7-22-17(26)10-2-1-3-13(23(28)29)16(10)18(22)27/h1-6H,7-8H2,(H,21,24). The Bertz CT molecular complexity index is 1100. The van der Waals surface area contributed by atoms with E-state index in [2.05, 4.69) is 5.32 Å². The molecule has 2 aromatic carbocycles. The minimum atomic E-state index is -1.04. The number of rotatable bonds is 6. The maximum absolute atomic E-state index is 12.4. The number of amides is 3. The van der Waals surface area contributed by atoms with Crippen molar-refractivity contribution < 1.29 is 28.8 Å². The molecule has 0 aliphatic carbocycles. The zero-order chi connectivity index (χ0) is 22.0. The summed E-state index contributed by atoms with van der Waals surface area (Å²) in [7, 11) is 0. The van der Waals surface area contributed by atoms with E-state index in [4.69, 9.17) is 27.9 Å². The monoisotopic (exact) mass is 451 g/mol. The molecule has 0 saturated heterocycles. The van der Waals surface area contributed by atoms with Crippen LogP contribution in [0.15, 0.2) is 36.4 Å². The second-order valence-electron chi connectivity index (χ2n) is 5.99. The summed E-state index contributed by atoms with van der Waals surface area (Å²) >= 11 is 11.6. The van der Waals surface area contributed by atoms with E-state index in [-0.39, 0.29) is 10.6 Å². The van der Waals surface area contributed by atoms with Gasteiger partial charge in [-0.1, -0.05) is 29.3 Å². The van der Waals surface area contributed by atoms with E-state index in [1.54, 1.807) is 0 Å². The number of imide groups is 1. The minimum absolute atomic E-state index is 0.181. The predicted molar refractivity (Wildman–Crippen MR) is 105 cm³/mol. The fraction of sp³-hybridized carbons (Fsp3) is 0.111. The number of fused-ring (bicyclic) bond motifs is 1. The van der Waals surface area contributed by atoms with Crippen molar-refractivity contribution in [3.63, 3.8) is 0 Å². The van der Waals surface area contributed by atoms with Crippen molar-refractivity contribution in [3.05, 3.63) is 67.7 Å². The number of ether oxygens (including phenoxy) is 1. The molecule has 0 atom stereocenters. The van der Waals surface area contributed by atoms with Gasteiger partial charge in [-0.15, -0.1) is 0 Å². The molecule has 0 aromatic heterocycles. The third kappa shape index (κ3) is 4.24. The Balaban J connectivity index is 1.60. The second-order valence-corrected chi connectivity index (χ2v) is 6.81. The van der Waals surface area contributed by atoms with E-state index in [9.17, 15) is 29.3 Å². The Labute approximate surface area is 178 Å². The summed E-state index contributed by atoms with van der Waals surface area (Å²) in [5.74, 6) is -3.59. The summed E-state index contributed by atoms with van der Waals surface area (Å²) in [6, 6.07) is 7.94. The zero-order valence-corrected chi connectivity index (χ0v) is 16.4. The average molecular weight is 452 g/mol. The lowest BCUT2D eigenvalue weighted by molar-refractivity contribution is -0.385. The third-order valence-corrected chi connectivity index (χ3v) is 4.77. The van der Waals surface area contributed by atoms with E-state index in [0.717, 1.165) is 6.07 Å². The Hall–Kier alpha value is -3.50. The van der Waals surface area contributed by atoms with Crippen molar-refractivity contribution >= 4 is 58.3 Å². The van der Waals surface area contributed by atoms with Gasteiger partial charge in [-0.2, -0.15) is 0 Å². The third-order valence-electron chi connectivity index (χ3n) is 4.03. The van der Waals surface area contributed by atoms with E-state index >= 15 is 0 Å². The quantitative estimate of drug-likeness (QED) is 0.308. The smallest absolute Gasteiger partial charge is 0.326 e. The molecule has 0 saturated carbocycles. The normalized spacial score (nSPS) is 12.5. The molecule has 2 aromatic rings. The van der Waals surface area contributed by atoms with Crippen LogP contribution in [0.5, 0.6) is 0 Å². The Morgan fingerprint density at radius 2 is 1.83 bits per heavy atom. The van der Waals surface area contributed by atoms with Crippen molar-refractivity contribution in [2.24, 2.45) is 0 Å². The number of nitro groups is 1. The predicted octanol–water partition coefficient (Wildman–Crippen LogP) is 2.68. The van der Waals surface area contributed by atoms with E-state index in [1.807, 2.05) is 0 Å². The van der Waals surface area contributed by atoms with Gasteiger partial charge in [0.15, 0.2) is 6.61 Å². The van der Waals surface area contributed by atoms with Gasteiger partial charge in [0.1, 0.15) is 12.1 Å². The van der Waals surface area contributed by atoms with Gasteiger partial charge in [0.25, 0.3) is 23.4 Å². The number of nitrogens with one attached hydrogen (secondary N) is 1. The van der Waals surface area contributed by atoms with Crippen LogP contribution in [-0.2, 0) is 14.3 Å². The van der Waals surface area contributed by atoms with Crippen LogP contribution in [0.4, 0.5) is 11.4 Å². The number of carbonyl (C=O) groups is 4. The lowest BCUT2D eigenvalue weighted by Gasteiger charge is -2.13. The molecule has 0 fully saturated rings. The number of anilines is 1. The Kier molecular flexibility index (Phi) is 5.99. The molecule has 10 nitrogen and oxygen atoms in total. The first kappa shape index (κ1) is 21.2. The molecule has 1 heterocycles. The van der Waals surface area contributed by atoms with E-state index in [1.165, 1.54) is 30.3 Å². The highest BCUT2D eigenvalue weighted by Crippen LogP contribution is 2.30. The van der Waals surface area contributed by atoms with Crippen LogP contribution in [-0.4, -0.2) is 46.7 Å². The Morgan fingerprint density at radius 1 is 1.10 bits per heavy atom. The van der Waals surface area contributed by atoms with Gasteiger partial charge in [0.2, 0.25) is 0 Å². The summed E-state index contributed by atoms with van der Waals surface area (Å²) in [6.07, 6.45) is 0. The number of nitro benzene ring substituents is 1. The molecule has 0 spiro atoms. The van der Waals surface area contributed by atoms with Crippen molar-refractivity contribution in [1.29, 1.82) is 0 Å². The zero-order valence-electron chi connectivity index (χ0n) is 14.9. The summed E-state index contributed by atoms with van der Waals surface area (Å²) in [5, 5.41) is 14.0. The van der Waals surface area contributed by atoms with Gasteiger partial charge in [0.05, 0.1) is 20.5 Å². The molecule has 3 amide bonds. The maximum Gasteiger partial charge on any atom is 0.326 e. The maximum atomic E-state index is 12.4. The molecule has 0 bridgehead atoms.